The van der Waals surface area contributed by atoms with Crippen LogP contribution >= 0.6 is 12.4 Å². The van der Waals surface area contributed by atoms with E-state index in [9.17, 15) is 26.4 Å². The lowest BCUT2D eigenvalue weighted by molar-refractivity contribution is -0.141. The monoisotopic (exact) mass is 676 g/mol. The number of fused-ring (bicyclic) bond motifs is 4. The number of pyridine rings is 3. The third-order valence-corrected chi connectivity index (χ3v) is 9.71. The number of halogens is 4. The molecule has 3 aromatic heterocycles. The van der Waals surface area contributed by atoms with Gasteiger partial charge in [-0.25, -0.2) is 13.4 Å². The Hall–Kier alpha value is -4.01. The standard InChI is InChI=1S/C31H31F3N6O4S.ClH/c1-39(2)12-5-13-44-28-24(38-45(42,43)21-7-9-26(36-17-21)31(32,33)34)15-20(16-37-28)19-6-8-23-22(14-19)27-25(18-35-23)40(3)29(41)30(27)10-4-11-30;/h6-9,14-18,38H,4-5,10-13H2,1-3H3;1H. The van der Waals surface area contributed by atoms with E-state index in [-0.39, 0.29) is 36.5 Å². The first kappa shape index (κ1) is 33.4. The molecule has 0 bridgehead atoms. The smallest absolute Gasteiger partial charge is 0.433 e. The summed E-state index contributed by atoms with van der Waals surface area (Å²) in [7, 11) is 1.23. The molecule has 1 spiro atoms. The van der Waals surface area contributed by atoms with Gasteiger partial charge in [0.2, 0.25) is 11.8 Å². The van der Waals surface area contributed by atoms with Crippen molar-refractivity contribution in [3.63, 3.8) is 0 Å². The Bertz CT molecular complexity index is 1900. The topological polar surface area (TPSA) is 118 Å². The van der Waals surface area contributed by atoms with E-state index < -0.39 is 32.2 Å². The van der Waals surface area contributed by atoms with Crippen molar-refractivity contribution in [3.8, 4) is 17.0 Å². The van der Waals surface area contributed by atoms with E-state index >= 15 is 0 Å². The average Bonchev–Trinajstić information content (AvgIpc) is 3.22. The number of hydrogen-bond acceptors (Lipinski definition) is 8. The molecule has 244 valence electrons. The molecule has 15 heteroatoms. The van der Waals surface area contributed by atoms with Crippen LogP contribution in [0, 0.1) is 0 Å². The van der Waals surface area contributed by atoms with Crippen LogP contribution in [0.5, 0.6) is 5.88 Å². The summed E-state index contributed by atoms with van der Waals surface area (Å²) in [5, 5.41) is 0.837. The molecule has 1 saturated carbocycles. The molecule has 1 aromatic carbocycles. The first-order valence-corrected chi connectivity index (χ1v) is 15.8. The zero-order valence-corrected chi connectivity index (χ0v) is 26.9. The van der Waals surface area contributed by atoms with E-state index in [0.717, 1.165) is 54.0 Å². The van der Waals surface area contributed by atoms with Gasteiger partial charge in [-0.2, -0.15) is 13.2 Å². The maximum absolute atomic E-state index is 13.3. The summed E-state index contributed by atoms with van der Waals surface area (Å²) >= 11 is 0. The molecule has 0 saturated heterocycles. The van der Waals surface area contributed by atoms with Crippen LogP contribution in [0.1, 0.15) is 36.9 Å². The molecular weight excluding hydrogens is 645 g/mol. The first-order valence-electron chi connectivity index (χ1n) is 14.4. The Balaban J connectivity index is 0.00000417. The lowest BCUT2D eigenvalue weighted by Crippen LogP contribution is -2.43. The van der Waals surface area contributed by atoms with E-state index in [2.05, 4.69) is 19.7 Å². The normalized spacial score (nSPS) is 15.5. The highest BCUT2D eigenvalue weighted by Crippen LogP contribution is 2.55. The van der Waals surface area contributed by atoms with Crippen molar-refractivity contribution in [1.82, 2.24) is 19.9 Å². The largest absolute Gasteiger partial charge is 0.476 e. The molecule has 1 fully saturated rings. The fourth-order valence-corrected chi connectivity index (χ4v) is 6.90. The molecule has 10 nitrogen and oxygen atoms in total. The van der Waals surface area contributed by atoms with Crippen LogP contribution in [-0.2, 0) is 26.4 Å². The van der Waals surface area contributed by atoms with Crippen LogP contribution in [0.2, 0.25) is 0 Å². The summed E-state index contributed by atoms with van der Waals surface area (Å²) in [4.78, 5) is 28.7. The zero-order valence-electron chi connectivity index (χ0n) is 25.3. The van der Waals surface area contributed by atoms with Gasteiger partial charge < -0.3 is 14.5 Å². The summed E-state index contributed by atoms with van der Waals surface area (Å²) in [5.74, 6) is 0.0836. The van der Waals surface area contributed by atoms with Crippen LogP contribution in [0.15, 0.2) is 59.9 Å². The van der Waals surface area contributed by atoms with E-state index in [1.807, 2.05) is 37.2 Å². The van der Waals surface area contributed by atoms with E-state index in [1.165, 1.54) is 0 Å². The fourth-order valence-electron chi connectivity index (χ4n) is 5.91. The zero-order chi connectivity index (χ0) is 32.1. The van der Waals surface area contributed by atoms with Gasteiger partial charge in [0, 0.05) is 42.5 Å². The molecule has 1 amide bonds. The van der Waals surface area contributed by atoms with Crippen LogP contribution in [0.4, 0.5) is 24.5 Å². The van der Waals surface area contributed by atoms with Gasteiger partial charge in [-0.3, -0.25) is 19.5 Å². The van der Waals surface area contributed by atoms with Crippen LogP contribution in [0.3, 0.4) is 0 Å². The predicted octanol–water partition coefficient (Wildman–Crippen LogP) is 5.66. The molecule has 0 unspecified atom stereocenters. The number of carbonyl (C=O) groups excluding carboxylic acids is 1. The lowest BCUT2D eigenvalue weighted by Gasteiger charge is -2.37. The van der Waals surface area contributed by atoms with Crippen LogP contribution < -0.4 is 14.4 Å². The van der Waals surface area contributed by atoms with Crippen molar-refractivity contribution in [2.75, 3.05) is 43.9 Å². The summed E-state index contributed by atoms with van der Waals surface area (Å²) < 4.78 is 73.9. The van der Waals surface area contributed by atoms with Crippen LogP contribution in [0.25, 0.3) is 22.0 Å². The van der Waals surface area contributed by atoms with Gasteiger partial charge in [0.15, 0.2) is 0 Å². The number of anilines is 2. The van der Waals surface area contributed by atoms with Crippen molar-refractivity contribution in [2.45, 2.75) is 42.2 Å². The molecule has 1 N–H and O–H groups in total. The van der Waals surface area contributed by atoms with E-state index in [0.29, 0.717) is 29.8 Å². The SMILES string of the molecule is CN(C)CCCOc1ncc(-c2ccc3ncc4c(c3c2)C2(CCC2)C(=O)N4C)cc1NS(=O)(=O)c1ccc(C(F)(F)F)nc1.Cl. The molecule has 1 aliphatic heterocycles. The molecule has 0 atom stereocenters. The summed E-state index contributed by atoms with van der Waals surface area (Å²) in [6.45, 7) is 0.976. The highest BCUT2D eigenvalue weighted by Gasteiger charge is 2.54. The van der Waals surface area contributed by atoms with Crippen LogP contribution in [-0.4, -0.2) is 68.5 Å². The Morgan fingerprint density at radius 3 is 2.41 bits per heavy atom. The molecule has 1 aliphatic carbocycles. The molecular formula is C31H32ClF3N6O4S. The maximum Gasteiger partial charge on any atom is 0.433 e. The van der Waals surface area contributed by atoms with Gasteiger partial charge in [0.05, 0.1) is 29.4 Å². The summed E-state index contributed by atoms with van der Waals surface area (Å²) in [6.07, 6.45) is 2.37. The van der Waals surface area contributed by atoms with E-state index in [4.69, 9.17) is 4.74 Å². The second-order valence-corrected chi connectivity index (χ2v) is 13.3. The maximum atomic E-state index is 13.3. The fraction of sp³-hybridized carbons (Fsp3) is 0.355. The number of hydrogen-bond donors (Lipinski definition) is 1. The Morgan fingerprint density at radius 2 is 1.78 bits per heavy atom. The molecule has 6 rings (SSSR count). The average molecular weight is 677 g/mol. The predicted molar refractivity (Wildman–Crippen MR) is 170 cm³/mol. The third kappa shape index (κ3) is 5.96. The second-order valence-electron chi connectivity index (χ2n) is 11.6. The molecule has 0 radical (unpaired) electrons. The number of benzene rings is 1. The van der Waals surface area contributed by atoms with Gasteiger partial charge in [0.25, 0.3) is 10.0 Å². The van der Waals surface area contributed by atoms with Gasteiger partial charge in [-0.05, 0) is 69.3 Å². The van der Waals surface area contributed by atoms with Crippen molar-refractivity contribution in [3.05, 3.63) is 66.2 Å². The second kappa shape index (κ2) is 12.3. The summed E-state index contributed by atoms with van der Waals surface area (Å²) in [5.41, 5.74) is 1.97. The number of alkyl halides is 3. The number of nitrogens with zero attached hydrogens (tertiary/aromatic N) is 5. The lowest BCUT2D eigenvalue weighted by atomic mass is 9.64. The van der Waals surface area contributed by atoms with Gasteiger partial charge in [-0.15, -0.1) is 12.4 Å². The number of rotatable bonds is 9. The Labute approximate surface area is 270 Å². The summed E-state index contributed by atoms with van der Waals surface area (Å²) in [6, 6.07) is 8.64. The number of nitrogens with one attached hydrogen (secondary N) is 1. The number of ether oxygens (including phenoxy) is 1. The number of sulfonamides is 1. The Morgan fingerprint density at radius 1 is 1.02 bits per heavy atom. The minimum atomic E-state index is -4.71. The molecule has 4 heterocycles. The highest BCUT2D eigenvalue weighted by atomic mass is 35.5. The third-order valence-electron chi connectivity index (χ3n) is 8.36. The van der Waals surface area contributed by atoms with E-state index in [1.54, 1.807) is 30.4 Å². The number of carbonyl (C=O) groups is 1. The quantitative estimate of drug-likeness (QED) is 0.226. The molecule has 46 heavy (non-hydrogen) atoms. The van der Waals surface area contributed by atoms with Crippen molar-refractivity contribution in [1.29, 1.82) is 0 Å². The van der Waals surface area contributed by atoms with Gasteiger partial charge >= 0.3 is 6.18 Å². The first-order chi connectivity index (χ1) is 21.3. The van der Waals surface area contributed by atoms with Crippen molar-refractivity contribution in [2.24, 2.45) is 0 Å². The molecule has 4 aromatic rings. The Kier molecular flexibility index (Phi) is 8.92. The minimum Gasteiger partial charge on any atom is -0.476 e. The minimum absolute atomic E-state index is 0. The van der Waals surface area contributed by atoms with Gasteiger partial charge in [0.1, 0.15) is 16.3 Å². The highest BCUT2D eigenvalue weighted by molar-refractivity contribution is 7.92. The van der Waals surface area contributed by atoms with Crippen molar-refractivity contribution < 1.29 is 31.1 Å². The number of aromatic nitrogens is 3. The molecule has 2 aliphatic rings. The number of likely N-dealkylation sites (N-methyl/N-ethyl adjacent to an activating group) is 1. The van der Waals surface area contributed by atoms with Crippen molar-refractivity contribution >= 4 is 50.6 Å². The van der Waals surface area contributed by atoms with Gasteiger partial charge in [-0.1, -0.05) is 12.5 Å². The number of amides is 1.